The van der Waals surface area contributed by atoms with Crippen LogP contribution in [0.25, 0.3) is 0 Å². The quantitative estimate of drug-likeness (QED) is 0.411. The number of rotatable bonds is 6. The molecule has 0 aliphatic rings. The van der Waals surface area contributed by atoms with Crippen molar-refractivity contribution in [1.29, 1.82) is 0 Å². The van der Waals surface area contributed by atoms with Gasteiger partial charge in [0.05, 0.1) is 0 Å². The van der Waals surface area contributed by atoms with Crippen molar-refractivity contribution >= 4 is 44.8 Å². The summed E-state index contributed by atoms with van der Waals surface area (Å²) >= 11 is 15.6. The highest BCUT2D eigenvalue weighted by molar-refractivity contribution is 9.10. The minimum absolute atomic E-state index is 0.238. The summed E-state index contributed by atoms with van der Waals surface area (Å²) in [5, 5.41) is 13.9. The molecule has 0 fully saturated rings. The second kappa shape index (κ2) is 8.67. The van der Waals surface area contributed by atoms with Gasteiger partial charge in [0.25, 0.3) is 0 Å². The Hall–Kier alpha value is -1.88. The number of phenolic OH excluding ortho intramolecular Hbond substituents is 1. The van der Waals surface area contributed by atoms with Gasteiger partial charge in [0, 0.05) is 37.9 Å². The maximum atomic E-state index is 9.37. The smallest absolute Gasteiger partial charge is 0.124 e. The van der Waals surface area contributed by atoms with Gasteiger partial charge in [0.1, 0.15) is 18.1 Å². The van der Waals surface area contributed by atoms with Crippen LogP contribution in [0.1, 0.15) is 11.1 Å². The van der Waals surface area contributed by atoms with Gasteiger partial charge in [-0.1, -0.05) is 45.2 Å². The van der Waals surface area contributed by atoms with Crippen LogP contribution in [-0.4, -0.2) is 5.11 Å². The Morgan fingerprint density at radius 1 is 0.923 bits per heavy atom. The summed E-state index contributed by atoms with van der Waals surface area (Å²) in [4.78, 5) is 0. The zero-order chi connectivity index (χ0) is 18.5. The van der Waals surface area contributed by atoms with E-state index in [1.165, 1.54) is 0 Å². The number of hydrogen-bond donors (Lipinski definition) is 2. The van der Waals surface area contributed by atoms with Gasteiger partial charge in [-0.05, 0) is 54.6 Å². The number of aromatic hydroxyl groups is 1. The lowest BCUT2D eigenvalue weighted by Crippen LogP contribution is -2.04. The van der Waals surface area contributed by atoms with E-state index in [4.69, 9.17) is 27.9 Å². The Morgan fingerprint density at radius 2 is 1.69 bits per heavy atom. The van der Waals surface area contributed by atoms with E-state index in [-0.39, 0.29) is 5.75 Å². The van der Waals surface area contributed by atoms with Gasteiger partial charge in [-0.15, -0.1) is 0 Å². The molecular weight excluding hydrogens is 437 g/mol. The maximum absolute atomic E-state index is 9.37. The topological polar surface area (TPSA) is 41.5 Å². The van der Waals surface area contributed by atoms with Crippen molar-refractivity contribution in [3.05, 3.63) is 86.3 Å². The lowest BCUT2D eigenvalue weighted by molar-refractivity contribution is 0.303. The molecule has 0 unspecified atom stereocenters. The molecule has 6 heteroatoms. The van der Waals surface area contributed by atoms with Crippen molar-refractivity contribution in [1.82, 2.24) is 0 Å². The van der Waals surface area contributed by atoms with Crippen molar-refractivity contribution in [3.63, 3.8) is 0 Å². The van der Waals surface area contributed by atoms with Crippen LogP contribution in [0.15, 0.2) is 65.1 Å². The van der Waals surface area contributed by atoms with E-state index in [0.29, 0.717) is 23.2 Å². The van der Waals surface area contributed by atoms with Crippen molar-refractivity contribution in [2.75, 3.05) is 5.32 Å². The van der Waals surface area contributed by atoms with Crippen molar-refractivity contribution in [2.24, 2.45) is 0 Å². The van der Waals surface area contributed by atoms with E-state index in [1.807, 2.05) is 36.4 Å². The lowest BCUT2D eigenvalue weighted by atomic mass is 10.2. The van der Waals surface area contributed by atoms with E-state index in [0.717, 1.165) is 27.0 Å². The van der Waals surface area contributed by atoms with Crippen LogP contribution in [-0.2, 0) is 13.2 Å². The molecule has 3 rings (SSSR count). The fraction of sp³-hybridized carbons (Fsp3) is 0.100. The average molecular weight is 453 g/mol. The van der Waals surface area contributed by atoms with Gasteiger partial charge in [-0.25, -0.2) is 0 Å². The number of anilines is 1. The fourth-order valence-corrected chi connectivity index (χ4v) is 3.27. The molecule has 3 aromatic rings. The zero-order valence-electron chi connectivity index (χ0n) is 13.7. The van der Waals surface area contributed by atoms with Crippen LogP contribution in [0.4, 0.5) is 5.69 Å². The Labute approximate surface area is 170 Å². The minimum atomic E-state index is 0.238. The van der Waals surface area contributed by atoms with Crippen molar-refractivity contribution < 1.29 is 9.84 Å². The van der Waals surface area contributed by atoms with E-state index in [2.05, 4.69) is 21.2 Å². The molecule has 0 saturated heterocycles. The molecule has 134 valence electrons. The van der Waals surface area contributed by atoms with E-state index in [1.54, 1.807) is 24.3 Å². The van der Waals surface area contributed by atoms with Crippen LogP contribution < -0.4 is 10.1 Å². The van der Waals surface area contributed by atoms with Crippen molar-refractivity contribution in [3.8, 4) is 11.5 Å². The number of ether oxygens (including phenoxy) is 1. The predicted octanol–water partition coefficient (Wildman–Crippen LogP) is 6.65. The maximum Gasteiger partial charge on any atom is 0.124 e. The molecule has 0 aromatic heterocycles. The van der Waals surface area contributed by atoms with Crippen LogP contribution in [0.5, 0.6) is 11.5 Å². The highest BCUT2D eigenvalue weighted by atomic mass is 79.9. The van der Waals surface area contributed by atoms with Gasteiger partial charge in [0.15, 0.2) is 0 Å². The van der Waals surface area contributed by atoms with Gasteiger partial charge in [0.2, 0.25) is 0 Å². The number of halogens is 3. The molecule has 0 bridgehead atoms. The minimum Gasteiger partial charge on any atom is -0.508 e. The van der Waals surface area contributed by atoms with E-state index >= 15 is 0 Å². The first kappa shape index (κ1) is 18.9. The molecule has 0 aliphatic carbocycles. The van der Waals surface area contributed by atoms with Gasteiger partial charge < -0.3 is 15.2 Å². The second-order valence-corrected chi connectivity index (χ2v) is 7.44. The SMILES string of the molecule is Oc1ccc(NCc2cc(Br)ccc2OCc2ccc(Cl)cc2Cl)cc1. The molecule has 26 heavy (non-hydrogen) atoms. The second-order valence-electron chi connectivity index (χ2n) is 5.68. The number of phenols is 1. The van der Waals surface area contributed by atoms with Crippen LogP contribution in [0.3, 0.4) is 0 Å². The Bertz CT molecular complexity index is 901. The number of benzene rings is 3. The zero-order valence-corrected chi connectivity index (χ0v) is 16.8. The van der Waals surface area contributed by atoms with E-state index in [9.17, 15) is 5.11 Å². The predicted molar refractivity (Wildman–Crippen MR) is 110 cm³/mol. The molecule has 3 nitrogen and oxygen atoms in total. The molecule has 2 N–H and O–H groups in total. The third-order valence-electron chi connectivity index (χ3n) is 3.77. The molecule has 3 aromatic carbocycles. The molecular formula is C20H16BrCl2NO2. The summed E-state index contributed by atoms with van der Waals surface area (Å²) in [7, 11) is 0. The number of hydrogen-bond acceptors (Lipinski definition) is 3. The Morgan fingerprint density at radius 3 is 2.42 bits per heavy atom. The summed E-state index contributed by atoms with van der Waals surface area (Å²) in [6, 6.07) is 18.1. The van der Waals surface area contributed by atoms with Gasteiger partial charge >= 0.3 is 0 Å². The summed E-state index contributed by atoms with van der Waals surface area (Å²) in [5.41, 5.74) is 2.78. The Kier molecular flexibility index (Phi) is 6.30. The summed E-state index contributed by atoms with van der Waals surface area (Å²) in [6.45, 7) is 0.928. The highest BCUT2D eigenvalue weighted by Gasteiger charge is 2.08. The lowest BCUT2D eigenvalue weighted by Gasteiger charge is -2.14. The van der Waals surface area contributed by atoms with Crippen LogP contribution in [0.2, 0.25) is 10.0 Å². The molecule has 0 atom stereocenters. The van der Waals surface area contributed by atoms with Crippen LogP contribution in [0, 0.1) is 0 Å². The highest BCUT2D eigenvalue weighted by Crippen LogP contribution is 2.27. The van der Waals surface area contributed by atoms with Crippen molar-refractivity contribution in [2.45, 2.75) is 13.2 Å². The molecule has 0 saturated carbocycles. The average Bonchev–Trinajstić information content (AvgIpc) is 2.62. The first-order valence-electron chi connectivity index (χ1n) is 7.89. The normalized spacial score (nSPS) is 10.6. The largest absolute Gasteiger partial charge is 0.508 e. The summed E-state index contributed by atoms with van der Waals surface area (Å²) in [5.74, 6) is 1.01. The molecule has 0 amide bonds. The molecule has 0 radical (unpaired) electrons. The molecule has 0 spiro atoms. The first-order chi connectivity index (χ1) is 12.5. The van der Waals surface area contributed by atoms with Gasteiger partial charge in [-0.3, -0.25) is 0 Å². The Balaban J connectivity index is 1.71. The third-order valence-corrected chi connectivity index (χ3v) is 4.85. The molecule has 0 aliphatic heterocycles. The number of nitrogens with one attached hydrogen (secondary N) is 1. The fourth-order valence-electron chi connectivity index (χ4n) is 2.40. The van der Waals surface area contributed by atoms with Crippen LogP contribution >= 0.6 is 39.1 Å². The molecule has 0 heterocycles. The monoisotopic (exact) mass is 451 g/mol. The van der Waals surface area contributed by atoms with Gasteiger partial charge in [-0.2, -0.15) is 0 Å². The standard InChI is InChI=1S/C20H16BrCl2NO2/c21-15-2-8-20(26-12-13-1-3-16(22)10-19(13)23)14(9-15)11-24-17-4-6-18(25)7-5-17/h1-10,24-25H,11-12H2. The first-order valence-corrected chi connectivity index (χ1v) is 9.44. The summed E-state index contributed by atoms with van der Waals surface area (Å²) < 4.78 is 6.95. The van der Waals surface area contributed by atoms with E-state index < -0.39 is 0 Å². The summed E-state index contributed by atoms with van der Waals surface area (Å²) in [6.07, 6.45) is 0. The third kappa shape index (κ3) is 5.07.